The molecule has 32 heavy (non-hydrogen) atoms. The SMILES string of the molecule is CCCCCCCCCOc1ccc(C2NC(=O)NC(C)=C2C(=O)OCC)cc1OCC. The lowest BCUT2D eigenvalue weighted by Gasteiger charge is -2.28. The van der Waals surface area contributed by atoms with Gasteiger partial charge in [-0.3, -0.25) is 0 Å². The van der Waals surface area contributed by atoms with Crippen molar-refractivity contribution in [3.8, 4) is 11.5 Å². The summed E-state index contributed by atoms with van der Waals surface area (Å²) in [5, 5.41) is 5.47. The summed E-state index contributed by atoms with van der Waals surface area (Å²) in [6.07, 6.45) is 8.55. The monoisotopic (exact) mass is 446 g/mol. The van der Waals surface area contributed by atoms with Gasteiger partial charge in [0.2, 0.25) is 0 Å². The number of nitrogens with one attached hydrogen (secondary N) is 2. The van der Waals surface area contributed by atoms with Crippen molar-refractivity contribution < 1.29 is 23.8 Å². The van der Waals surface area contributed by atoms with Crippen LogP contribution >= 0.6 is 0 Å². The summed E-state index contributed by atoms with van der Waals surface area (Å²) < 4.78 is 17.0. The van der Waals surface area contributed by atoms with Gasteiger partial charge in [0.15, 0.2) is 11.5 Å². The molecule has 0 bridgehead atoms. The third-order valence-electron chi connectivity index (χ3n) is 5.37. The quantitative estimate of drug-likeness (QED) is 0.295. The first-order valence-corrected chi connectivity index (χ1v) is 11.9. The summed E-state index contributed by atoms with van der Waals surface area (Å²) in [5.74, 6) is 0.807. The second kappa shape index (κ2) is 13.7. The molecule has 2 rings (SSSR count). The first kappa shape index (κ1) is 25.6. The Kier molecular flexibility index (Phi) is 10.9. The molecule has 1 atom stereocenters. The summed E-state index contributed by atoms with van der Waals surface area (Å²) >= 11 is 0. The number of urea groups is 1. The molecule has 7 nitrogen and oxygen atoms in total. The van der Waals surface area contributed by atoms with E-state index in [1.807, 2.05) is 25.1 Å². The fourth-order valence-electron chi connectivity index (χ4n) is 3.76. The van der Waals surface area contributed by atoms with Gasteiger partial charge < -0.3 is 24.8 Å². The number of hydrogen-bond acceptors (Lipinski definition) is 5. The van der Waals surface area contributed by atoms with Crippen molar-refractivity contribution in [1.82, 2.24) is 10.6 Å². The average Bonchev–Trinajstić information content (AvgIpc) is 2.76. The molecule has 0 saturated carbocycles. The number of rotatable bonds is 14. The van der Waals surface area contributed by atoms with Gasteiger partial charge in [-0.1, -0.05) is 51.5 Å². The van der Waals surface area contributed by atoms with E-state index in [9.17, 15) is 9.59 Å². The predicted molar refractivity (Wildman–Crippen MR) is 125 cm³/mol. The van der Waals surface area contributed by atoms with Crippen LogP contribution in [0.1, 0.15) is 84.2 Å². The van der Waals surface area contributed by atoms with Crippen molar-refractivity contribution in [3.63, 3.8) is 0 Å². The first-order chi connectivity index (χ1) is 15.5. The molecule has 1 aliphatic heterocycles. The van der Waals surface area contributed by atoms with Crippen LogP contribution in [0.2, 0.25) is 0 Å². The van der Waals surface area contributed by atoms with Crippen LogP contribution in [0.5, 0.6) is 11.5 Å². The highest BCUT2D eigenvalue weighted by molar-refractivity contribution is 5.95. The second-order valence-corrected chi connectivity index (χ2v) is 7.90. The third kappa shape index (κ3) is 7.46. The summed E-state index contributed by atoms with van der Waals surface area (Å²) in [4.78, 5) is 24.6. The van der Waals surface area contributed by atoms with E-state index in [1.165, 1.54) is 32.1 Å². The average molecular weight is 447 g/mol. The van der Waals surface area contributed by atoms with E-state index in [0.717, 1.165) is 18.4 Å². The van der Waals surface area contributed by atoms with Crippen LogP contribution in [0.3, 0.4) is 0 Å². The van der Waals surface area contributed by atoms with Gasteiger partial charge in [0.25, 0.3) is 0 Å². The third-order valence-corrected chi connectivity index (χ3v) is 5.37. The lowest BCUT2D eigenvalue weighted by Crippen LogP contribution is -2.45. The maximum Gasteiger partial charge on any atom is 0.338 e. The Morgan fingerprint density at radius 1 is 0.938 bits per heavy atom. The number of carbonyl (C=O) groups is 2. The molecule has 2 amide bonds. The number of esters is 1. The fraction of sp³-hybridized carbons (Fsp3) is 0.600. The van der Waals surface area contributed by atoms with Gasteiger partial charge in [-0.25, -0.2) is 9.59 Å². The molecule has 1 unspecified atom stereocenters. The second-order valence-electron chi connectivity index (χ2n) is 7.90. The van der Waals surface area contributed by atoms with E-state index >= 15 is 0 Å². The Hall–Kier alpha value is -2.70. The van der Waals surface area contributed by atoms with Crippen molar-refractivity contribution in [3.05, 3.63) is 35.0 Å². The molecule has 0 aromatic heterocycles. The largest absolute Gasteiger partial charge is 0.490 e. The smallest absolute Gasteiger partial charge is 0.338 e. The number of amides is 2. The van der Waals surface area contributed by atoms with Crippen molar-refractivity contribution in [1.29, 1.82) is 0 Å². The molecule has 7 heteroatoms. The van der Waals surface area contributed by atoms with E-state index in [1.54, 1.807) is 13.8 Å². The van der Waals surface area contributed by atoms with Crippen molar-refractivity contribution in [2.45, 2.75) is 78.7 Å². The Bertz CT molecular complexity index is 791. The number of allylic oxidation sites excluding steroid dienone is 1. The molecule has 0 radical (unpaired) electrons. The van der Waals surface area contributed by atoms with Gasteiger partial charge in [0.05, 0.1) is 31.4 Å². The van der Waals surface area contributed by atoms with Crippen LogP contribution in [-0.2, 0) is 9.53 Å². The van der Waals surface area contributed by atoms with Crippen LogP contribution < -0.4 is 20.1 Å². The summed E-state index contributed by atoms with van der Waals surface area (Å²) in [6, 6.07) is 4.53. The van der Waals surface area contributed by atoms with Gasteiger partial charge in [-0.2, -0.15) is 0 Å². The van der Waals surface area contributed by atoms with E-state index in [0.29, 0.717) is 36.0 Å². The van der Waals surface area contributed by atoms with Crippen LogP contribution in [0.4, 0.5) is 4.79 Å². The Morgan fingerprint density at radius 3 is 2.34 bits per heavy atom. The highest BCUT2D eigenvalue weighted by atomic mass is 16.5. The molecule has 1 aromatic rings. The molecule has 0 aliphatic carbocycles. The number of unbranched alkanes of at least 4 members (excludes halogenated alkanes) is 6. The lowest BCUT2D eigenvalue weighted by molar-refractivity contribution is -0.139. The van der Waals surface area contributed by atoms with E-state index in [2.05, 4.69) is 17.6 Å². The molecular formula is C25H38N2O5. The summed E-state index contributed by atoms with van der Waals surface area (Å²) in [6.45, 7) is 8.95. The number of ether oxygens (including phenoxy) is 3. The standard InChI is InChI=1S/C25H38N2O5/c1-5-8-9-10-11-12-13-16-32-20-15-14-19(17-21(20)30-6-2)23-22(24(28)31-7-3)18(4)26-25(29)27-23/h14-15,17,23H,5-13,16H2,1-4H3,(H2,26,27,29). The maximum atomic E-state index is 12.5. The van der Waals surface area contributed by atoms with Gasteiger partial charge >= 0.3 is 12.0 Å². The molecule has 2 N–H and O–H groups in total. The van der Waals surface area contributed by atoms with Crippen LogP contribution in [0.15, 0.2) is 29.5 Å². The number of carbonyl (C=O) groups excluding carboxylic acids is 2. The fourth-order valence-corrected chi connectivity index (χ4v) is 3.76. The molecule has 1 heterocycles. The molecule has 1 aromatic carbocycles. The molecular weight excluding hydrogens is 408 g/mol. The first-order valence-electron chi connectivity index (χ1n) is 11.9. The number of hydrogen-bond donors (Lipinski definition) is 2. The topological polar surface area (TPSA) is 85.9 Å². The van der Waals surface area contributed by atoms with Gasteiger partial charge in [0.1, 0.15) is 0 Å². The van der Waals surface area contributed by atoms with Gasteiger partial charge in [-0.05, 0) is 44.9 Å². The summed E-state index contributed by atoms with van der Waals surface area (Å²) in [5.41, 5.74) is 1.59. The van der Waals surface area contributed by atoms with Crippen LogP contribution in [-0.4, -0.2) is 31.8 Å². The minimum Gasteiger partial charge on any atom is -0.490 e. The van der Waals surface area contributed by atoms with Crippen molar-refractivity contribution in [2.24, 2.45) is 0 Å². The Labute approximate surface area is 191 Å². The maximum absolute atomic E-state index is 12.5. The lowest BCUT2D eigenvalue weighted by atomic mass is 9.95. The molecule has 0 saturated heterocycles. The minimum absolute atomic E-state index is 0.256. The van der Waals surface area contributed by atoms with E-state index in [4.69, 9.17) is 14.2 Å². The zero-order chi connectivity index (χ0) is 23.3. The molecule has 0 fully saturated rings. The van der Waals surface area contributed by atoms with E-state index in [-0.39, 0.29) is 12.6 Å². The minimum atomic E-state index is -0.626. The predicted octanol–water partition coefficient (Wildman–Crippen LogP) is 5.41. The van der Waals surface area contributed by atoms with Crippen LogP contribution in [0.25, 0.3) is 0 Å². The highest BCUT2D eigenvalue weighted by Crippen LogP contribution is 2.35. The normalized spacial score (nSPS) is 15.8. The van der Waals surface area contributed by atoms with Crippen molar-refractivity contribution >= 4 is 12.0 Å². The zero-order valence-corrected chi connectivity index (χ0v) is 19.9. The Morgan fingerprint density at radius 2 is 1.66 bits per heavy atom. The zero-order valence-electron chi connectivity index (χ0n) is 19.9. The van der Waals surface area contributed by atoms with Crippen LogP contribution in [0, 0.1) is 0 Å². The molecule has 1 aliphatic rings. The molecule has 0 spiro atoms. The number of benzene rings is 1. The van der Waals surface area contributed by atoms with E-state index < -0.39 is 12.0 Å². The Balaban J connectivity index is 2.09. The van der Waals surface area contributed by atoms with Crippen molar-refractivity contribution in [2.75, 3.05) is 19.8 Å². The molecule has 178 valence electrons. The summed E-state index contributed by atoms with van der Waals surface area (Å²) in [7, 11) is 0. The highest BCUT2D eigenvalue weighted by Gasteiger charge is 2.32. The van der Waals surface area contributed by atoms with Gasteiger partial charge in [0, 0.05) is 5.70 Å². The van der Waals surface area contributed by atoms with Gasteiger partial charge in [-0.15, -0.1) is 0 Å².